The van der Waals surface area contributed by atoms with E-state index < -0.39 is 0 Å². The van der Waals surface area contributed by atoms with Crippen molar-refractivity contribution in [3.8, 4) is 0 Å². The molecule has 2 nitrogen and oxygen atoms in total. The second kappa shape index (κ2) is 6.42. The summed E-state index contributed by atoms with van der Waals surface area (Å²) in [6, 6.07) is 0. The van der Waals surface area contributed by atoms with E-state index in [1.807, 2.05) is 13.8 Å². The number of rotatable bonds is 4. The molecule has 0 amide bonds. The van der Waals surface area contributed by atoms with Crippen LogP contribution in [-0.4, -0.2) is 12.1 Å². The second-order valence-electron chi connectivity index (χ2n) is 6.11. The lowest BCUT2D eigenvalue weighted by Crippen LogP contribution is -2.37. The van der Waals surface area contributed by atoms with Crippen LogP contribution in [0.4, 0.5) is 0 Å². The van der Waals surface area contributed by atoms with Crippen LogP contribution in [0.2, 0.25) is 0 Å². The molecule has 4 atom stereocenters. The van der Waals surface area contributed by atoms with Crippen LogP contribution in [0.1, 0.15) is 60.3 Å². The first-order valence-electron chi connectivity index (χ1n) is 7.16. The molecule has 1 fully saturated rings. The van der Waals surface area contributed by atoms with Crippen LogP contribution in [-0.2, 0) is 9.53 Å². The highest BCUT2D eigenvalue weighted by Gasteiger charge is 2.33. The summed E-state index contributed by atoms with van der Waals surface area (Å²) < 4.78 is 5.75. The number of carbonyl (C=O) groups excluding carboxylic acids is 1. The number of ether oxygens (including phenoxy) is 1. The molecule has 0 spiro atoms. The van der Waals surface area contributed by atoms with Gasteiger partial charge < -0.3 is 4.74 Å². The molecule has 2 heteroatoms. The predicted molar refractivity (Wildman–Crippen MR) is 70.7 cm³/mol. The van der Waals surface area contributed by atoms with Gasteiger partial charge in [0.1, 0.15) is 6.10 Å². The fourth-order valence-corrected chi connectivity index (χ4v) is 2.68. The number of hydrogen-bond acceptors (Lipinski definition) is 2. The second-order valence-corrected chi connectivity index (χ2v) is 6.11. The number of esters is 1. The zero-order valence-corrected chi connectivity index (χ0v) is 12.0. The van der Waals surface area contributed by atoms with Crippen molar-refractivity contribution in [2.75, 3.05) is 0 Å². The van der Waals surface area contributed by atoms with Crippen LogP contribution in [0.3, 0.4) is 0 Å². The van der Waals surface area contributed by atoms with Crippen LogP contribution in [0.5, 0.6) is 0 Å². The van der Waals surface area contributed by atoms with Crippen molar-refractivity contribution >= 4 is 5.97 Å². The fraction of sp³-hybridized carbons (Fsp3) is 0.933. The van der Waals surface area contributed by atoms with Gasteiger partial charge in [0.25, 0.3) is 0 Å². The molecule has 0 N–H and O–H groups in total. The minimum atomic E-state index is -0.00255. The monoisotopic (exact) mass is 240 g/mol. The third kappa shape index (κ3) is 4.01. The minimum absolute atomic E-state index is 0.00255. The summed E-state index contributed by atoms with van der Waals surface area (Å²) in [6.45, 7) is 10.7. The molecule has 0 radical (unpaired) electrons. The van der Waals surface area contributed by atoms with Crippen molar-refractivity contribution in [3.05, 3.63) is 0 Å². The molecule has 1 saturated carbocycles. The normalized spacial score (nSPS) is 31.3. The Balaban J connectivity index is 2.60. The molecule has 17 heavy (non-hydrogen) atoms. The van der Waals surface area contributed by atoms with Gasteiger partial charge in [0.15, 0.2) is 0 Å². The highest BCUT2D eigenvalue weighted by molar-refractivity contribution is 5.72. The average Bonchev–Trinajstić information content (AvgIpc) is 2.27. The van der Waals surface area contributed by atoms with Crippen LogP contribution in [0, 0.1) is 23.7 Å². The summed E-state index contributed by atoms with van der Waals surface area (Å²) in [5.41, 5.74) is 0. The van der Waals surface area contributed by atoms with Crippen LogP contribution >= 0.6 is 0 Å². The molecule has 100 valence electrons. The molecule has 0 aromatic heterocycles. The molecular weight excluding hydrogens is 212 g/mol. The Kier molecular flexibility index (Phi) is 5.48. The lowest BCUT2D eigenvalue weighted by molar-refractivity contribution is -0.160. The van der Waals surface area contributed by atoms with E-state index in [1.54, 1.807) is 0 Å². The Hall–Kier alpha value is -0.530. The molecule has 0 saturated heterocycles. The summed E-state index contributed by atoms with van der Waals surface area (Å²) in [7, 11) is 0. The molecule has 0 aromatic carbocycles. The van der Waals surface area contributed by atoms with Gasteiger partial charge in [-0.2, -0.15) is 0 Å². The highest BCUT2D eigenvalue weighted by atomic mass is 16.5. The molecular formula is C15H28O2. The number of hydrogen-bond donors (Lipinski definition) is 0. The molecule has 1 aliphatic carbocycles. The quantitative estimate of drug-likeness (QED) is 0.693. The lowest BCUT2D eigenvalue weighted by Gasteiger charge is -2.37. The third-order valence-corrected chi connectivity index (χ3v) is 4.24. The largest absolute Gasteiger partial charge is 0.462 e. The van der Waals surface area contributed by atoms with Gasteiger partial charge in [-0.25, -0.2) is 0 Å². The van der Waals surface area contributed by atoms with E-state index >= 15 is 0 Å². The van der Waals surface area contributed by atoms with Crippen molar-refractivity contribution in [1.29, 1.82) is 0 Å². The molecule has 1 aliphatic rings. The number of carbonyl (C=O) groups is 1. The maximum atomic E-state index is 11.9. The molecule has 0 bridgehead atoms. The van der Waals surface area contributed by atoms with Gasteiger partial charge >= 0.3 is 5.97 Å². The first-order valence-corrected chi connectivity index (χ1v) is 7.16. The Morgan fingerprint density at radius 3 is 2.47 bits per heavy atom. The first kappa shape index (κ1) is 14.5. The van der Waals surface area contributed by atoms with E-state index in [0.717, 1.165) is 12.8 Å². The van der Waals surface area contributed by atoms with Crippen molar-refractivity contribution < 1.29 is 9.53 Å². The van der Waals surface area contributed by atoms with Crippen molar-refractivity contribution in [2.24, 2.45) is 23.7 Å². The average molecular weight is 240 g/mol. The van der Waals surface area contributed by atoms with Crippen molar-refractivity contribution in [3.63, 3.8) is 0 Å². The van der Waals surface area contributed by atoms with Gasteiger partial charge in [-0.1, -0.05) is 41.0 Å². The summed E-state index contributed by atoms with van der Waals surface area (Å²) in [5.74, 6) is 1.90. The first-order chi connectivity index (χ1) is 7.95. The van der Waals surface area contributed by atoms with E-state index in [1.165, 1.54) is 12.8 Å². The maximum absolute atomic E-state index is 11.9. The van der Waals surface area contributed by atoms with E-state index in [9.17, 15) is 4.79 Å². The fourth-order valence-electron chi connectivity index (χ4n) is 2.68. The zero-order chi connectivity index (χ0) is 13.0. The van der Waals surface area contributed by atoms with Crippen LogP contribution in [0.15, 0.2) is 0 Å². The predicted octanol–water partition coefficient (Wildman–Crippen LogP) is 4.04. The standard InChI is InChI=1S/C15H28O2/c1-6-12(5)15(16)17-14-9-11(4)7-8-13(14)10(2)3/h10-14H,6-9H2,1-5H3/t11-,12?,13+,14-/m0/s1. The molecule has 0 aromatic rings. The third-order valence-electron chi connectivity index (χ3n) is 4.24. The maximum Gasteiger partial charge on any atom is 0.308 e. The van der Waals surface area contributed by atoms with Crippen LogP contribution < -0.4 is 0 Å². The summed E-state index contributed by atoms with van der Waals surface area (Å²) in [6.07, 6.45) is 4.55. The molecule has 1 rings (SSSR count). The van der Waals surface area contributed by atoms with E-state index in [4.69, 9.17) is 4.74 Å². The van der Waals surface area contributed by atoms with E-state index in [0.29, 0.717) is 17.8 Å². The highest BCUT2D eigenvalue weighted by Crippen LogP contribution is 2.35. The Bertz CT molecular complexity index is 247. The van der Waals surface area contributed by atoms with Gasteiger partial charge in [-0.15, -0.1) is 0 Å². The van der Waals surface area contributed by atoms with Gasteiger partial charge in [0.2, 0.25) is 0 Å². The molecule has 0 heterocycles. The van der Waals surface area contributed by atoms with E-state index in [2.05, 4.69) is 20.8 Å². The summed E-state index contributed by atoms with van der Waals surface area (Å²) in [5, 5.41) is 0. The summed E-state index contributed by atoms with van der Waals surface area (Å²) in [4.78, 5) is 11.9. The molecule has 0 aliphatic heterocycles. The Morgan fingerprint density at radius 1 is 1.29 bits per heavy atom. The Labute approximate surface area is 106 Å². The van der Waals surface area contributed by atoms with Crippen molar-refractivity contribution in [2.45, 2.75) is 66.4 Å². The van der Waals surface area contributed by atoms with Gasteiger partial charge in [0.05, 0.1) is 5.92 Å². The van der Waals surface area contributed by atoms with Crippen molar-refractivity contribution in [1.82, 2.24) is 0 Å². The Morgan fingerprint density at radius 2 is 1.94 bits per heavy atom. The lowest BCUT2D eigenvalue weighted by atomic mass is 9.75. The van der Waals surface area contributed by atoms with Gasteiger partial charge in [-0.05, 0) is 37.0 Å². The minimum Gasteiger partial charge on any atom is -0.462 e. The SMILES string of the molecule is CCC(C)C(=O)O[C@H]1C[C@@H](C)CC[C@@H]1C(C)C. The topological polar surface area (TPSA) is 26.3 Å². The van der Waals surface area contributed by atoms with Gasteiger partial charge in [0, 0.05) is 0 Å². The summed E-state index contributed by atoms with van der Waals surface area (Å²) >= 11 is 0. The van der Waals surface area contributed by atoms with E-state index in [-0.39, 0.29) is 18.0 Å². The smallest absolute Gasteiger partial charge is 0.308 e. The van der Waals surface area contributed by atoms with Gasteiger partial charge in [-0.3, -0.25) is 4.79 Å². The van der Waals surface area contributed by atoms with Crippen LogP contribution in [0.25, 0.3) is 0 Å². The zero-order valence-electron chi connectivity index (χ0n) is 12.0. The molecule has 1 unspecified atom stereocenters.